The molecule has 0 aromatic heterocycles. The number of nitrogens with zero attached hydrogens (tertiary/aromatic N) is 1. The van der Waals surface area contributed by atoms with Gasteiger partial charge in [-0.1, -0.05) is 13.3 Å². The highest BCUT2D eigenvalue weighted by Crippen LogP contribution is 2.35. The van der Waals surface area contributed by atoms with Crippen LogP contribution in [0.5, 0.6) is 0 Å². The van der Waals surface area contributed by atoms with Gasteiger partial charge in [0, 0.05) is 12.1 Å². The lowest BCUT2D eigenvalue weighted by Crippen LogP contribution is -2.57. The summed E-state index contributed by atoms with van der Waals surface area (Å²) in [5, 5.41) is 0. The van der Waals surface area contributed by atoms with Gasteiger partial charge in [0.25, 0.3) is 0 Å². The Bertz CT molecular complexity index is 124. The molecule has 1 fully saturated rings. The van der Waals surface area contributed by atoms with Crippen LogP contribution in [0.2, 0.25) is 0 Å². The van der Waals surface area contributed by atoms with Crippen molar-refractivity contribution in [2.24, 2.45) is 5.73 Å². The maximum absolute atomic E-state index is 5.80. The molecule has 12 heavy (non-hydrogen) atoms. The third kappa shape index (κ3) is 1.80. The summed E-state index contributed by atoms with van der Waals surface area (Å²) in [6.45, 7) is 4.30. The molecule has 0 bridgehead atoms. The quantitative estimate of drug-likeness (QED) is 0.679. The highest BCUT2D eigenvalue weighted by molar-refractivity contribution is 4.97. The number of rotatable bonds is 5. The minimum absolute atomic E-state index is 0.384. The van der Waals surface area contributed by atoms with Crippen LogP contribution in [0.25, 0.3) is 0 Å². The molecule has 0 radical (unpaired) electrons. The molecular weight excluding hydrogens is 148 g/mol. The fraction of sp³-hybridized carbons (Fsp3) is 1.00. The first-order valence-corrected chi connectivity index (χ1v) is 5.16. The van der Waals surface area contributed by atoms with Crippen molar-refractivity contribution in [3.05, 3.63) is 0 Å². The molecule has 0 unspecified atom stereocenters. The smallest absolute Gasteiger partial charge is 0.0328 e. The lowest BCUT2D eigenvalue weighted by atomic mass is 9.75. The Kier molecular flexibility index (Phi) is 3.53. The molecule has 72 valence electrons. The second-order valence-corrected chi connectivity index (χ2v) is 4.06. The molecular formula is C10H22N2. The first-order chi connectivity index (χ1) is 5.75. The third-order valence-electron chi connectivity index (χ3n) is 3.32. The van der Waals surface area contributed by atoms with Crippen LogP contribution in [-0.4, -0.2) is 30.6 Å². The Labute approximate surface area is 76.1 Å². The van der Waals surface area contributed by atoms with E-state index in [-0.39, 0.29) is 0 Å². The van der Waals surface area contributed by atoms with Crippen molar-refractivity contribution in [3.63, 3.8) is 0 Å². The van der Waals surface area contributed by atoms with Gasteiger partial charge in [0.05, 0.1) is 0 Å². The predicted octanol–water partition coefficient (Wildman–Crippen LogP) is 1.60. The van der Waals surface area contributed by atoms with Crippen molar-refractivity contribution < 1.29 is 0 Å². The van der Waals surface area contributed by atoms with Gasteiger partial charge in [0.1, 0.15) is 0 Å². The maximum atomic E-state index is 5.80. The molecule has 1 saturated carbocycles. The van der Waals surface area contributed by atoms with E-state index in [0.29, 0.717) is 5.54 Å². The highest BCUT2D eigenvalue weighted by Gasteiger charge is 2.38. The molecule has 2 N–H and O–H groups in total. The van der Waals surface area contributed by atoms with E-state index in [2.05, 4.69) is 18.9 Å². The second kappa shape index (κ2) is 4.24. The van der Waals surface area contributed by atoms with Gasteiger partial charge >= 0.3 is 0 Å². The molecule has 0 aliphatic heterocycles. The normalized spacial score (nSPS) is 21.0. The number of unbranched alkanes of at least 4 members (excludes halogenated alkanes) is 1. The van der Waals surface area contributed by atoms with Gasteiger partial charge in [-0.2, -0.15) is 0 Å². The standard InChI is InChI=1S/C10H22N2/c1-3-4-8-12(2)10(9-11)6-5-7-10/h3-9,11H2,1-2H3. The summed E-state index contributed by atoms with van der Waals surface area (Å²) in [5.74, 6) is 0. The lowest BCUT2D eigenvalue weighted by Gasteiger charge is -2.48. The van der Waals surface area contributed by atoms with E-state index < -0.39 is 0 Å². The molecule has 1 rings (SSSR count). The van der Waals surface area contributed by atoms with Crippen LogP contribution in [0.1, 0.15) is 39.0 Å². The van der Waals surface area contributed by atoms with Crippen LogP contribution in [-0.2, 0) is 0 Å². The Balaban J connectivity index is 2.32. The lowest BCUT2D eigenvalue weighted by molar-refractivity contribution is 0.0453. The summed E-state index contributed by atoms with van der Waals surface area (Å²) in [4.78, 5) is 2.47. The number of hydrogen-bond donors (Lipinski definition) is 1. The summed E-state index contributed by atoms with van der Waals surface area (Å²) in [6, 6.07) is 0. The van der Waals surface area contributed by atoms with Crippen molar-refractivity contribution in [3.8, 4) is 0 Å². The SMILES string of the molecule is CCCCN(C)C1(CN)CCC1. The molecule has 0 aromatic carbocycles. The van der Waals surface area contributed by atoms with Crippen LogP contribution in [0.4, 0.5) is 0 Å². The Morgan fingerprint density at radius 1 is 1.42 bits per heavy atom. The molecule has 1 aliphatic rings. The van der Waals surface area contributed by atoms with Crippen molar-refractivity contribution in [1.82, 2.24) is 4.90 Å². The van der Waals surface area contributed by atoms with E-state index in [4.69, 9.17) is 5.73 Å². The summed E-state index contributed by atoms with van der Waals surface area (Å²) in [7, 11) is 2.22. The van der Waals surface area contributed by atoms with Gasteiger partial charge in [-0.15, -0.1) is 0 Å². The van der Waals surface area contributed by atoms with Crippen LogP contribution in [0.15, 0.2) is 0 Å². The van der Waals surface area contributed by atoms with Crippen molar-refractivity contribution in [1.29, 1.82) is 0 Å². The van der Waals surface area contributed by atoms with E-state index in [0.717, 1.165) is 6.54 Å². The molecule has 0 amide bonds. The topological polar surface area (TPSA) is 29.3 Å². The molecule has 2 nitrogen and oxygen atoms in total. The number of hydrogen-bond acceptors (Lipinski definition) is 2. The molecule has 0 saturated heterocycles. The molecule has 1 aliphatic carbocycles. The van der Waals surface area contributed by atoms with E-state index >= 15 is 0 Å². The van der Waals surface area contributed by atoms with E-state index in [1.807, 2.05) is 0 Å². The Hall–Kier alpha value is -0.0800. The summed E-state index contributed by atoms with van der Waals surface area (Å²) < 4.78 is 0. The number of nitrogens with two attached hydrogens (primary N) is 1. The monoisotopic (exact) mass is 170 g/mol. The van der Waals surface area contributed by atoms with Crippen molar-refractivity contribution in [2.45, 2.75) is 44.6 Å². The van der Waals surface area contributed by atoms with Crippen molar-refractivity contribution in [2.75, 3.05) is 20.1 Å². The van der Waals surface area contributed by atoms with Crippen LogP contribution in [0, 0.1) is 0 Å². The van der Waals surface area contributed by atoms with Gasteiger partial charge in [-0.3, -0.25) is 4.90 Å². The summed E-state index contributed by atoms with van der Waals surface area (Å²) >= 11 is 0. The molecule has 0 aromatic rings. The van der Waals surface area contributed by atoms with E-state index in [1.54, 1.807) is 0 Å². The zero-order chi connectivity index (χ0) is 9.03. The van der Waals surface area contributed by atoms with Gasteiger partial charge in [0.15, 0.2) is 0 Å². The van der Waals surface area contributed by atoms with Gasteiger partial charge < -0.3 is 5.73 Å². The minimum Gasteiger partial charge on any atom is -0.329 e. The summed E-state index contributed by atoms with van der Waals surface area (Å²) in [6.07, 6.45) is 6.57. The maximum Gasteiger partial charge on any atom is 0.0328 e. The Morgan fingerprint density at radius 2 is 2.08 bits per heavy atom. The average Bonchev–Trinajstić information content (AvgIpc) is 2.00. The van der Waals surface area contributed by atoms with E-state index in [1.165, 1.54) is 38.6 Å². The molecule has 0 atom stereocenters. The third-order valence-corrected chi connectivity index (χ3v) is 3.32. The van der Waals surface area contributed by atoms with Crippen LogP contribution < -0.4 is 5.73 Å². The van der Waals surface area contributed by atoms with Crippen LogP contribution in [0.3, 0.4) is 0 Å². The molecule has 0 spiro atoms. The zero-order valence-electron chi connectivity index (χ0n) is 8.47. The Morgan fingerprint density at radius 3 is 2.42 bits per heavy atom. The average molecular weight is 170 g/mol. The van der Waals surface area contributed by atoms with Gasteiger partial charge in [-0.05, 0) is 39.3 Å². The van der Waals surface area contributed by atoms with Gasteiger partial charge in [-0.25, -0.2) is 0 Å². The predicted molar refractivity (Wildman–Crippen MR) is 53.2 cm³/mol. The summed E-state index contributed by atoms with van der Waals surface area (Å²) in [5.41, 5.74) is 6.18. The van der Waals surface area contributed by atoms with E-state index in [9.17, 15) is 0 Å². The molecule has 0 heterocycles. The fourth-order valence-electron chi connectivity index (χ4n) is 1.96. The van der Waals surface area contributed by atoms with Gasteiger partial charge in [0.2, 0.25) is 0 Å². The van der Waals surface area contributed by atoms with Crippen molar-refractivity contribution >= 4 is 0 Å². The minimum atomic E-state index is 0.384. The largest absolute Gasteiger partial charge is 0.329 e. The van der Waals surface area contributed by atoms with Crippen LogP contribution >= 0.6 is 0 Å². The second-order valence-electron chi connectivity index (χ2n) is 4.06. The highest BCUT2D eigenvalue weighted by atomic mass is 15.2. The first kappa shape index (κ1) is 10.0. The molecule has 2 heteroatoms. The first-order valence-electron chi connectivity index (χ1n) is 5.16. The fourth-order valence-corrected chi connectivity index (χ4v) is 1.96. The zero-order valence-corrected chi connectivity index (χ0v) is 8.47. The number of likely N-dealkylation sites (N-methyl/N-ethyl adjacent to an activating group) is 1.